The van der Waals surface area contributed by atoms with Crippen molar-refractivity contribution in [2.75, 3.05) is 19.6 Å². The first kappa shape index (κ1) is 30.1. The van der Waals surface area contributed by atoms with Gasteiger partial charge in [-0.2, -0.15) is 0 Å². The van der Waals surface area contributed by atoms with Gasteiger partial charge in [-0.25, -0.2) is 14.6 Å². The summed E-state index contributed by atoms with van der Waals surface area (Å²) < 4.78 is 6.83. The molecule has 0 bridgehead atoms. The van der Waals surface area contributed by atoms with E-state index in [0.29, 0.717) is 16.4 Å². The van der Waals surface area contributed by atoms with E-state index in [1.807, 2.05) is 30.3 Å². The molecule has 2 heterocycles. The molecule has 2 aromatic heterocycles. The lowest BCUT2D eigenvalue weighted by Crippen LogP contribution is -2.21. The average molecular weight is 560 g/mol. The minimum absolute atomic E-state index is 0.128. The van der Waals surface area contributed by atoms with Crippen LogP contribution >= 0.6 is 0 Å². The quantitative estimate of drug-likeness (QED) is 0.256. The number of pyridine rings is 1. The molecule has 0 radical (unpaired) electrons. The number of aryl methyl sites for hydroxylation is 2. The van der Waals surface area contributed by atoms with E-state index in [9.17, 15) is 19.8 Å². The number of ether oxygens (including phenoxy) is 1. The highest BCUT2D eigenvalue weighted by atomic mass is 16.6. The first-order valence-corrected chi connectivity index (χ1v) is 14.6. The van der Waals surface area contributed by atoms with Gasteiger partial charge in [-0.1, -0.05) is 51.1 Å². The number of carboxylic acid groups (broad SMARTS) is 1. The number of nitrogens with zero attached hydrogens (tertiary/aromatic N) is 3. The highest BCUT2D eigenvalue weighted by Gasteiger charge is 2.25. The third-order valence-electron chi connectivity index (χ3n) is 7.77. The maximum absolute atomic E-state index is 12.7. The molecule has 0 amide bonds. The number of hydrogen-bond acceptors (Lipinski definition) is 6. The van der Waals surface area contributed by atoms with Gasteiger partial charge >= 0.3 is 12.1 Å². The Bertz CT molecular complexity index is 1550. The van der Waals surface area contributed by atoms with Gasteiger partial charge in [0.1, 0.15) is 5.56 Å². The molecule has 0 fully saturated rings. The molecule has 0 saturated carbocycles. The van der Waals surface area contributed by atoms with Crippen LogP contribution in [0.15, 0.2) is 42.6 Å². The van der Waals surface area contributed by atoms with E-state index in [0.717, 1.165) is 42.2 Å². The van der Waals surface area contributed by atoms with E-state index in [1.165, 1.54) is 29.8 Å². The first-order chi connectivity index (χ1) is 19.7. The fourth-order valence-corrected chi connectivity index (χ4v) is 5.59. The lowest BCUT2D eigenvalue weighted by atomic mass is 9.88. The van der Waals surface area contributed by atoms with Gasteiger partial charge < -0.3 is 19.8 Å². The predicted octanol–water partition coefficient (Wildman–Crippen LogP) is 6.80. The number of para-hydroxylation sites is 1. The van der Waals surface area contributed by atoms with Gasteiger partial charge in [-0.3, -0.25) is 4.57 Å². The molecule has 2 aromatic carbocycles. The summed E-state index contributed by atoms with van der Waals surface area (Å²) in [6.07, 6.45) is 5.00. The van der Waals surface area contributed by atoms with Crippen molar-refractivity contribution < 1.29 is 24.5 Å². The lowest BCUT2D eigenvalue weighted by Gasteiger charge is -2.19. The molecular weight excluding hydrogens is 518 g/mol. The van der Waals surface area contributed by atoms with Crippen LogP contribution in [0.25, 0.3) is 21.8 Å². The molecule has 0 saturated heterocycles. The number of hydrogen-bond donors (Lipinski definition) is 2. The maximum atomic E-state index is 12.7. The maximum Gasteiger partial charge on any atom is 0.418 e. The van der Waals surface area contributed by atoms with Crippen LogP contribution in [0, 0.1) is 0 Å². The molecule has 1 aliphatic carbocycles. The van der Waals surface area contributed by atoms with Crippen molar-refractivity contribution in [3.8, 4) is 5.75 Å². The number of benzene rings is 2. The van der Waals surface area contributed by atoms with Gasteiger partial charge in [0.05, 0.1) is 22.8 Å². The summed E-state index contributed by atoms with van der Waals surface area (Å²) >= 11 is 0. The van der Waals surface area contributed by atoms with Gasteiger partial charge in [-0.05, 0) is 81.9 Å². The molecule has 0 unspecified atom stereocenters. The van der Waals surface area contributed by atoms with E-state index < -0.39 is 12.1 Å². The second-order valence-electron chi connectivity index (χ2n) is 10.7. The monoisotopic (exact) mass is 559 g/mol. The smallest absolute Gasteiger partial charge is 0.418 e. The standard InChI is InChI=1S/C27H26N2O5.C6H15N/c1-15(2)34-27(33)29-14-17(18-8-5-6-10-22(18)29)13-21-25(30)23(26(31)32)20-12-11-16-7-3-4-9-19(16)24(20)28-21;1-4-7(5-2)6-3/h5-6,8,10-12,14-15,30H,3-4,7,9,13H2,1-2H3,(H,31,32);4-6H2,1-3H3. The van der Waals surface area contributed by atoms with Crippen LogP contribution in [0.3, 0.4) is 0 Å². The second kappa shape index (κ2) is 13.2. The van der Waals surface area contributed by atoms with Gasteiger partial charge in [0.25, 0.3) is 0 Å². The van der Waals surface area contributed by atoms with Crippen molar-refractivity contribution >= 4 is 33.9 Å². The summed E-state index contributed by atoms with van der Waals surface area (Å²) in [6.45, 7) is 13.7. The van der Waals surface area contributed by atoms with Crippen LogP contribution in [-0.4, -0.2) is 62.5 Å². The summed E-state index contributed by atoms with van der Waals surface area (Å²) in [5.74, 6) is -1.53. The number of aromatic carboxylic acids is 1. The Labute approximate surface area is 241 Å². The largest absolute Gasteiger partial charge is 0.505 e. The highest BCUT2D eigenvalue weighted by Crippen LogP contribution is 2.36. The van der Waals surface area contributed by atoms with Crippen molar-refractivity contribution in [1.82, 2.24) is 14.5 Å². The van der Waals surface area contributed by atoms with Gasteiger partial charge in [-0.15, -0.1) is 0 Å². The number of aromatic nitrogens is 2. The zero-order valence-corrected chi connectivity index (χ0v) is 24.7. The lowest BCUT2D eigenvalue weighted by molar-refractivity contribution is 0.0695. The molecule has 0 spiro atoms. The zero-order valence-electron chi connectivity index (χ0n) is 24.7. The summed E-state index contributed by atoms with van der Waals surface area (Å²) in [6, 6.07) is 11.1. The fourth-order valence-electron chi connectivity index (χ4n) is 5.59. The minimum atomic E-state index is -1.19. The van der Waals surface area contributed by atoms with E-state index in [1.54, 1.807) is 26.1 Å². The third kappa shape index (κ3) is 6.38. The van der Waals surface area contributed by atoms with Crippen molar-refractivity contribution in [2.24, 2.45) is 0 Å². The topological polar surface area (TPSA) is 105 Å². The molecule has 4 aromatic rings. The van der Waals surface area contributed by atoms with E-state index in [-0.39, 0.29) is 29.5 Å². The van der Waals surface area contributed by atoms with Gasteiger partial charge in [0, 0.05) is 23.4 Å². The van der Waals surface area contributed by atoms with E-state index >= 15 is 0 Å². The van der Waals surface area contributed by atoms with Crippen molar-refractivity contribution in [1.29, 1.82) is 0 Å². The summed E-state index contributed by atoms with van der Waals surface area (Å²) in [7, 11) is 0. The Morgan fingerprint density at radius 3 is 2.32 bits per heavy atom. The summed E-state index contributed by atoms with van der Waals surface area (Å²) in [5.41, 5.74) is 4.48. The molecule has 8 heteroatoms. The second-order valence-corrected chi connectivity index (χ2v) is 10.7. The molecule has 8 nitrogen and oxygen atoms in total. The minimum Gasteiger partial charge on any atom is -0.505 e. The number of fused-ring (bicyclic) bond motifs is 4. The molecule has 2 N–H and O–H groups in total. The Kier molecular flexibility index (Phi) is 9.65. The SMILES string of the molecule is CC(C)OC(=O)n1cc(Cc2nc3c4c(ccc3c(C(=O)O)c2O)CCCC4)c2ccccc21.CCN(CC)CC. The van der Waals surface area contributed by atoms with Crippen LogP contribution in [0.5, 0.6) is 5.75 Å². The predicted molar refractivity (Wildman–Crippen MR) is 162 cm³/mol. The Morgan fingerprint density at radius 2 is 1.68 bits per heavy atom. The molecule has 5 rings (SSSR count). The van der Waals surface area contributed by atoms with Crippen LogP contribution in [0.4, 0.5) is 4.79 Å². The number of carbonyl (C=O) groups is 2. The van der Waals surface area contributed by atoms with Crippen LogP contribution in [0.1, 0.15) is 80.2 Å². The van der Waals surface area contributed by atoms with Gasteiger partial charge in [0.2, 0.25) is 0 Å². The van der Waals surface area contributed by atoms with E-state index in [2.05, 4.69) is 25.7 Å². The fraction of sp³-hybridized carbons (Fsp3) is 0.424. The van der Waals surface area contributed by atoms with Crippen molar-refractivity contribution in [3.63, 3.8) is 0 Å². The van der Waals surface area contributed by atoms with E-state index in [4.69, 9.17) is 9.72 Å². The zero-order chi connectivity index (χ0) is 29.7. The Hall–Kier alpha value is -3.91. The first-order valence-electron chi connectivity index (χ1n) is 14.6. The number of carbonyl (C=O) groups excluding carboxylic acids is 1. The summed E-state index contributed by atoms with van der Waals surface area (Å²) in [5, 5.41) is 22.2. The summed E-state index contributed by atoms with van der Waals surface area (Å²) in [4.78, 5) is 32.0. The van der Waals surface area contributed by atoms with Crippen LogP contribution in [0.2, 0.25) is 0 Å². The molecule has 1 aliphatic rings. The third-order valence-corrected chi connectivity index (χ3v) is 7.77. The molecule has 41 heavy (non-hydrogen) atoms. The number of rotatable bonds is 7. The average Bonchev–Trinajstić information content (AvgIpc) is 3.33. The highest BCUT2D eigenvalue weighted by molar-refractivity contribution is 6.06. The van der Waals surface area contributed by atoms with Crippen LogP contribution in [-0.2, 0) is 24.0 Å². The van der Waals surface area contributed by atoms with Gasteiger partial charge in [0.15, 0.2) is 5.75 Å². The number of carboxylic acids is 1. The molecule has 0 atom stereocenters. The van der Waals surface area contributed by atoms with Crippen molar-refractivity contribution in [3.05, 3.63) is 70.5 Å². The molecule has 218 valence electrons. The Balaban J connectivity index is 0.000000493. The van der Waals surface area contributed by atoms with Crippen LogP contribution < -0.4 is 0 Å². The normalized spacial score (nSPS) is 12.9. The molecule has 0 aliphatic heterocycles. The Morgan fingerprint density at radius 1 is 1.00 bits per heavy atom. The number of aromatic hydroxyl groups is 1. The van der Waals surface area contributed by atoms with Crippen molar-refractivity contribution in [2.45, 2.75) is 72.8 Å². The molecular formula is C33H41N3O5.